The molecule has 0 unspecified atom stereocenters. The Kier molecular flexibility index (Phi) is 2.29. The van der Waals surface area contributed by atoms with Crippen molar-refractivity contribution in [2.75, 3.05) is 0 Å². The van der Waals surface area contributed by atoms with Gasteiger partial charge in [-0.25, -0.2) is 4.79 Å². The minimum absolute atomic E-state index is 0.101. The molecule has 0 fully saturated rings. The smallest absolute Gasteiger partial charge is 0.134 e. The van der Waals surface area contributed by atoms with Crippen molar-refractivity contribution in [1.82, 2.24) is 0 Å². The Morgan fingerprint density at radius 1 is 0.842 bits per heavy atom. The normalized spacial score (nSPS) is 10.0. The number of nitrogens with zero attached hydrogens (tertiary/aromatic N) is 2. The third-order valence-corrected chi connectivity index (χ3v) is 3.27. The minimum atomic E-state index is 0.101. The van der Waals surface area contributed by atoms with E-state index in [1.165, 1.54) is 0 Å². The van der Waals surface area contributed by atoms with Crippen LogP contribution in [0.4, 0.5) is 0 Å². The summed E-state index contributed by atoms with van der Waals surface area (Å²) >= 11 is 0. The van der Waals surface area contributed by atoms with Crippen LogP contribution in [0.15, 0.2) is 36.4 Å². The lowest BCUT2D eigenvalue weighted by Crippen LogP contribution is -2.13. The van der Waals surface area contributed by atoms with Gasteiger partial charge in [0.1, 0.15) is 18.1 Å². The summed E-state index contributed by atoms with van der Waals surface area (Å²) in [5.41, 5.74) is 0.342. The fourth-order valence-electron chi connectivity index (χ4n) is 2.49. The first kappa shape index (κ1) is 11.0. The molecule has 0 aromatic heterocycles. The van der Waals surface area contributed by atoms with Crippen LogP contribution in [0.25, 0.3) is 21.5 Å². The first-order valence-corrected chi connectivity index (χ1v) is 5.64. The Morgan fingerprint density at radius 2 is 1.47 bits per heavy atom. The first-order chi connectivity index (χ1) is 9.31. The molecule has 3 aromatic carbocycles. The lowest BCUT2D eigenvalue weighted by Gasteiger charge is -2.08. The van der Waals surface area contributed by atoms with E-state index in [1.807, 2.05) is 36.4 Å². The maximum Gasteiger partial charge on any atom is 0.134 e. The molecule has 0 aliphatic carbocycles. The predicted molar refractivity (Wildman–Crippen MR) is 70.9 cm³/mol. The van der Waals surface area contributed by atoms with E-state index in [9.17, 15) is 15.3 Å². The van der Waals surface area contributed by atoms with Crippen LogP contribution in [0, 0.1) is 22.7 Å². The van der Waals surface area contributed by atoms with Crippen molar-refractivity contribution in [1.29, 1.82) is 10.5 Å². The van der Waals surface area contributed by atoms with Gasteiger partial charge in [0.05, 0.1) is 16.3 Å². The first-order valence-electron chi connectivity index (χ1n) is 5.64. The molecular formula is C16H6N2O. The van der Waals surface area contributed by atoms with E-state index in [-0.39, 0.29) is 16.3 Å². The molecule has 0 amide bonds. The van der Waals surface area contributed by atoms with Crippen LogP contribution in [0.2, 0.25) is 0 Å². The van der Waals surface area contributed by atoms with Crippen molar-refractivity contribution in [3.63, 3.8) is 0 Å². The standard InChI is InChI=1S/C16H6N2O/c17-7-13-11-5-1-3-10-4-2-6-12(16(10)11)15(9-19)14(13)8-18/h1-6H. The van der Waals surface area contributed by atoms with Gasteiger partial charge in [-0.15, -0.1) is 0 Å². The molecule has 0 bridgehead atoms. The van der Waals surface area contributed by atoms with E-state index in [0.29, 0.717) is 10.8 Å². The minimum Gasteiger partial charge on any atom is -0.233 e. The molecule has 0 atom stereocenters. The van der Waals surface area contributed by atoms with Crippen molar-refractivity contribution >= 4 is 27.5 Å². The lowest BCUT2D eigenvalue weighted by atomic mass is 9.92. The van der Waals surface area contributed by atoms with Gasteiger partial charge in [0.25, 0.3) is 0 Å². The van der Waals surface area contributed by atoms with Crippen molar-refractivity contribution < 1.29 is 4.79 Å². The average molecular weight is 242 g/mol. The molecule has 0 aliphatic rings. The van der Waals surface area contributed by atoms with Gasteiger partial charge in [-0.1, -0.05) is 36.4 Å². The molecule has 3 heteroatoms. The summed E-state index contributed by atoms with van der Waals surface area (Å²) < 4.78 is 0. The summed E-state index contributed by atoms with van der Waals surface area (Å²) in [5, 5.41) is 21.8. The predicted octanol–water partition coefficient (Wildman–Crippen LogP) is 1.96. The molecule has 0 heterocycles. The van der Waals surface area contributed by atoms with E-state index < -0.39 is 0 Å². The zero-order valence-corrected chi connectivity index (χ0v) is 9.77. The Morgan fingerprint density at radius 3 is 2.05 bits per heavy atom. The molecule has 19 heavy (non-hydrogen) atoms. The van der Waals surface area contributed by atoms with Gasteiger partial charge in [-0.05, 0) is 10.8 Å². The molecule has 86 valence electrons. The second-order valence-electron chi connectivity index (χ2n) is 4.16. The highest BCUT2D eigenvalue weighted by Gasteiger charge is 2.14. The Hall–Kier alpha value is -3.13. The van der Waals surface area contributed by atoms with Gasteiger partial charge < -0.3 is 0 Å². The summed E-state index contributed by atoms with van der Waals surface area (Å²) in [6.45, 7) is 0. The molecule has 0 saturated carbocycles. The molecule has 0 spiro atoms. The molecule has 0 saturated heterocycles. The lowest BCUT2D eigenvalue weighted by molar-refractivity contribution is 0.568. The van der Waals surface area contributed by atoms with E-state index in [4.69, 9.17) is 0 Å². The van der Waals surface area contributed by atoms with Crippen molar-refractivity contribution in [3.05, 3.63) is 52.7 Å². The second-order valence-corrected chi connectivity index (χ2v) is 4.16. The number of rotatable bonds is 0. The number of benzene rings is 3. The largest absolute Gasteiger partial charge is 0.233 e. The van der Waals surface area contributed by atoms with Gasteiger partial charge >= 0.3 is 0 Å². The quantitative estimate of drug-likeness (QED) is 0.605. The molecular weight excluding hydrogens is 236 g/mol. The SMILES string of the molecule is N#Cc1c(C#N)c2cccc3cccc(c1=C=O)c32. The van der Waals surface area contributed by atoms with Gasteiger partial charge in [0.15, 0.2) is 0 Å². The highest BCUT2D eigenvalue weighted by atomic mass is 16.1. The molecule has 3 aromatic rings. The number of carbonyl (C=O) groups excluding carboxylic acids is 1. The summed E-state index contributed by atoms with van der Waals surface area (Å²) in [6.07, 6.45) is 0. The highest BCUT2D eigenvalue weighted by Crippen LogP contribution is 2.28. The molecule has 0 aliphatic heterocycles. The van der Waals surface area contributed by atoms with Crippen molar-refractivity contribution in [2.45, 2.75) is 0 Å². The van der Waals surface area contributed by atoms with E-state index in [0.717, 1.165) is 10.8 Å². The van der Waals surface area contributed by atoms with Crippen LogP contribution in [0.5, 0.6) is 0 Å². The van der Waals surface area contributed by atoms with Crippen LogP contribution in [0.1, 0.15) is 11.1 Å². The van der Waals surface area contributed by atoms with E-state index in [2.05, 4.69) is 0 Å². The van der Waals surface area contributed by atoms with Crippen molar-refractivity contribution in [3.8, 4) is 12.1 Å². The second kappa shape index (κ2) is 3.96. The van der Waals surface area contributed by atoms with Gasteiger partial charge in [0.2, 0.25) is 0 Å². The van der Waals surface area contributed by atoms with Gasteiger partial charge in [-0.3, -0.25) is 0 Å². The maximum atomic E-state index is 11.2. The Bertz CT molecular complexity index is 978. The zero-order chi connectivity index (χ0) is 13.4. The van der Waals surface area contributed by atoms with Crippen LogP contribution in [-0.4, -0.2) is 5.94 Å². The maximum absolute atomic E-state index is 11.2. The van der Waals surface area contributed by atoms with E-state index in [1.54, 1.807) is 18.1 Å². The Labute approximate surface area is 108 Å². The highest BCUT2D eigenvalue weighted by molar-refractivity contribution is 6.13. The van der Waals surface area contributed by atoms with Gasteiger partial charge in [0, 0.05) is 10.8 Å². The third-order valence-electron chi connectivity index (χ3n) is 3.27. The number of nitriles is 2. The molecule has 3 rings (SSSR count). The van der Waals surface area contributed by atoms with Crippen molar-refractivity contribution in [2.24, 2.45) is 0 Å². The number of hydrogen-bond donors (Lipinski definition) is 0. The molecule has 3 nitrogen and oxygen atoms in total. The molecule has 0 N–H and O–H groups in total. The van der Waals surface area contributed by atoms with E-state index >= 15 is 0 Å². The summed E-state index contributed by atoms with van der Waals surface area (Å²) in [7, 11) is 0. The Balaban J connectivity index is 2.86. The topological polar surface area (TPSA) is 64.7 Å². The summed E-state index contributed by atoms with van der Waals surface area (Å²) in [6, 6.07) is 15.0. The fourth-order valence-corrected chi connectivity index (χ4v) is 2.49. The number of hydrogen-bond acceptors (Lipinski definition) is 3. The molecule has 0 radical (unpaired) electrons. The zero-order valence-electron chi connectivity index (χ0n) is 9.77. The summed E-state index contributed by atoms with van der Waals surface area (Å²) in [5.74, 6) is 1.81. The van der Waals surface area contributed by atoms with Crippen LogP contribution in [-0.2, 0) is 4.79 Å². The van der Waals surface area contributed by atoms with Crippen LogP contribution < -0.4 is 5.22 Å². The van der Waals surface area contributed by atoms with Crippen LogP contribution >= 0.6 is 0 Å². The fraction of sp³-hybridized carbons (Fsp3) is 0. The monoisotopic (exact) mass is 242 g/mol. The van der Waals surface area contributed by atoms with Crippen LogP contribution in [0.3, 0.4) is 0 Å². The summed E-state index contributed by atoms with van der Waals surface area (Å²) in [4.78, 5) is 11.2. The third kappa shape index (κ3) is 1.34. The van der Waals surface area contributed by atoms with Gasteiger partial charge in [-0.2, -0.15) is 10.5 Å². The average Bonchev–Trinajstić information content (AvgIpc) is 2.47.